The normalized spacial score (nSPS) is 12.8. The molecule has 0 fully saturated rings. The van der Waals surface area contributed by atoms with E-state index in [0.717, 1.165) is 37.2 Å². The Morgan fingerprint density at radius 2 is 1.61 bits per heavy atom. The number of amides is 2. The van der Waals surface area contributed by atoms with Crippen LogP contribution in [0, 0.1) is 18.6 Å². The second-order valence-corrected chi connectivity index (χ2v) is 10.5. The first kappa shape index (κ1) is 34.4. The molecule has 0 saturated heterocycles. The van der Waals surface area contributed by atoms with Gasteiger partial charge in [0.2, 0.25) is 5.95 Å². The maximum atomic E-state index is 13.9. The van der Waals surface area contributed by atoms with Crippen molar-refractivity contribution < 1.29 is 36.6 Å². The summed E-state index contributed by atoms with van der Waals surface area (Å²) in [6.07, 6.45) is -3.76. The molecule has 13 heteroatoms. The van der Waals surface area contributed by atoms with Gasteiger partial charge < -0.3 is 20.6 Å². The topological polar surface area (TPSA) is 107 Å². The Kier molecular flexibility index (Phi) is 12.1. The lowest BCUT2D eigenvalue weighted by molar-refractivity contribution is -0.141. The quantitative estimate of drug-likeness (QED) is 0.204. The number of aliphatic hydroxyl groups is 1. The first-order chi connectivity index (χ1) is 20.8. The number of carbonyl (C=O) groups excluding carboxylic acids is 2. The zero-order valence-electron chi connectivity index (χ0n) is 24.7. The largest absolute Gasteiger partial charge is 0.433 e. The van der Waals surface area contributed by atoms with E-state index in [0.29, 0.717) is 30.3 Å². The van der Waals surface area contributed by atoms with Crippen LogP contribution in [0.2, 0.25) is 0 Å². The molecule has 0 spiro atoms. The average Bonchev–Trinajstić information content (AvgIpc) is 2.95. The zero-order chi connectivity index (χ0) is 32.4. The van der Waals surface area contributed by atoms with Gasteiger partial charge in [0.25, 0.3) is 11.8 Å². The van der Waals surface area contributed by atoms with Crippen LogP contribution in [0.1, 0.15) is 70.6 Å². The summed E-state index contributed by atoms with van der Waals surface area (Å²) >= 11 is 0. The minimum atomic E-state index is -4.67. The molecule has 1 heterocycles. The third kappa shape index (κ3) is 9.97. The van der Waals surface area contributed by atoms with Crippen LogP contribution < -0.4 is 10.6 Å². The zero-order valence-corrected chi connectivity index (χ0v) is 24.7. The number of halogens is 5. The molecule has 2 amide bonds. The van der Waals surface area contributed by atoms with Crippen LogP contribution >= 0.6 is 0 Å². The summed E-state index contributed by atoms with van der Waals surface area (Å²) < 4.78 is 66.8. The van der Waals surface area contributed by atoms with E-state index in [1.54, 1.807) is 24.0 Å². The predicted molar refractivity (Wildman–Crippen MR) is 155 cm³/mol. The number of aryl methyl sites for hydroxylation is 1. The summed E-state index contributed by atoms with van der Waals surface area (Å²) in [5, 5.41) is 16.3. The van der Waals surface area contributed by atoms with Crippen molar-refractivity contribution in [1.82, 2.24) is 20.2 Å². The van der Waals surface area contributed by atoms with Crippen molar-refractivity contribution in [3.05, 3.63) is 88.2 Å². The molecule has 0 radical (unpaired) electrons. The second-order valence-electron chi connectivity index (χ2n) is 10.5. The highest BCUT2D eigenvalue weighted by atomic mass is 19.4. The van der Waals surface area contributed by atoms with E-state index in [-0.39, 0.29) is 42.4 Å². The number of carbonyl (C=O) groups is 2. The Labute approximate surface area is 252 Å². The minimum absolute atomic E-state index is 0.0832. The van der Waals surface area contributed by atoms with Crippen LogP contribution in [0.15, 0.2) is 48.7 Å². The molecular weight excluding hydrogens is 585 g/mol. The van der Waals surface area contributed by atoms with E-state index in [9.17, 15) is 36.6 Å². The minimum Gasteiger partial charge on any atom is -0.391 e. The van der Waals surface area contributed by atoms with E-state index >= 15 is 0 Å². The Morgan fingerprint density at radius 3 is 2.23 bits per heavy atom. The Hall–Kier alpha value is -4.13. The van der Waals surface area contributed by atoms with Gasteiger partial charge in [-0.3, -0.25) is 9.59 Å². The highest BCUT2D eigenvalue weighted by molar-refractivity contribution is 6.00. The third-order valence-corrected chi connectivity index (χ3v) is 6.69. The average molecular weight is 622 g/mol. The lowest BCUT2D eigenvalue weighted by Crippen LogP contribution is -2.45. The van der Waals surface area contributed by atoms with Crippen LogP contribution in [0.5, 0.6) is 0 Å². The number of hydrogen-bond donors (Lipinski definition) is 3. The summed E-state index contributed by atoms with van der Waals surface area (Å²) in [7, 11) is 0. The fourth-order valence-corrected chi connectivity index (χ4v) is 4.73. The number of anilines is 1. The maximum absolute atomic E-state index is 13.9. The monoisotopic (exact) mass is 621 g/mol. The van der Waals surface area contributed by atoms with Crippen molar-refractivity contribution >= 4 is 17.8 Å². The number of hydrogen-bond acceptors (Lipinski definition) is 6. The lowest BCUT2D eigenvalue weighted by Gasteiger charge is -2.25. The van der Waals surface area contributed by atoms with E-state index in [1.165, 1.54) is 6.07 Å². The molecule has 0 aliphatic rings. The summed E-state index contributed by atoms with van der Waals surface area (Å²) in [5.41, 5.74) is 0.155. The Morgan fingerprint density at radius 1 is 0.977 bits per heavy atom. The van der Waals surface area contributed by atoms with Gasteiger partial charge in [-0.05, 0) is 80.1 Å². The first-order valence-electron chi connectivity index (χ1n) is 14.3. The smallest absolute Gasteiger partial charge is 0.391 e. The van der Waals surface area contributed by atoms with Crippen molar-refractivity contribution in [2.75, 3.05) is 25.0 Å². The van der Waals surface area contributed by atoms with Crippen LogP contribution in [0.4, 0.5) is 27.9 Å². The SMILES string of the molecule is CCCN(CCC)C(=O)c1cc(C)cc(C(=O)N[C@@H](Cc2cc(F)cc(F)c2)[C@H](O)CCNc2nccc(C(F)(F)F)n2)c1. The molecule has 238 valence electrons. The summed E-state index contributed by atoms with van der Waals surface area (Å²) in [6.45, 7) is 6.69. The number of alkyl halides is 3. The van der Waals surface area contributed by atoms with Crippen LogP contribution in [0.3, 0.4) is 0 Å². The standard InChI is InChI=1S/C31H36F5N5O3/c1-4-10-41(11-5-2)29(44)22-13-19(3)12-21(17-22)28(43)39-25(16-20-14-23(32)18-24(33)15-20)26(42)6-8-37-30-38-9-7-27(40-30)31(34,35)36/h7,9,12-15,17-18,25-26,42H,4-6,8,10-11,16H2,1-3H3,(H,39,43)(H,37,38,40)/t25-,26+/m0/s1. The van der Waals surface area contributed by atoms with Crippen molar-refractivity contribution in [3.63, 3.8) is 0 Å². The second kappa shape index (κ2) is 15.6. The van der Waals surface area contributed by atoms with E-state index in [1.807, 2.05) is 13.8 Å². The predicted octanol–water partition coefficient (Wildman–Crippen LogP) is 5.55. The number of aromatic nitrogens is 2. The summed E-state index contributed by atoms with van der Waals surface area (Å²) in [5.74, 6) is -2.84. The number of nitrogens with one attached hydrogen (secondary N) is 2. The molecule has 8 nitrogen and oxygen atoms in total. The molecule has 0 aliphatic carbocycles. The van der Waals surface area contributed by atoms with Crippen molar-refractivity contribution in [2.24, 2.45) is 0 Å². The van der Waals surface area contributed by atoms with Gasteiger partial charge in [0.05, 0.1) is 12.1 Å². The maximum Gasteiger partial charge on any atom is 0.433 e. The highest BCUT2D eigenvalue weighted by Crippen LogP contribution is 2.27. The molecule has 3 rings (SSSR count). The van der Waals surface area contributed by atoms with E-state index < -0.39 is 41.6 Å². The molecule has 0 saturated carbocycles. The molecule has 2 aromatic carbocycles. The first-order valence-corrected chi connectivity index (χ1v) is 14.3. The van der Waals surface area contributed by atoms with Crippen LogP contribution in [-0.2, 0) is 12.6 Å². The van der Waals surface area contributed by atoms with Gasteiger partial charge in [0.15, 0.2) is 0 Å². The number of rotatable bonds is 14. The van der Waals surface area contributed by atoms with E-state index in [2.05, 4.69) is 20.6 Å². The lowest BCUT2D eigenvalue weighted by atomic mass is 9.97. The van der Waals surface area contributed by atoms with Crippen LogP contribution in [0.25, 0.3) is 0 Å². The van der Waals surface area contributed by atoms with Crippen molar-refractivity contribution in [1.29, 1.82) is 0 Å². The van der Waals surface area contributed by atoms with Gasteiger partial charge >= 0.3 is 6.18 Å². The molecule has 0 aliphatic heterocycles. The Balaban J connectivity index is 1.81. The fraction of sp³-hybridized carbons (Fsp3) is 0.419. The summed E-state index contributed by atoms with van der Waals surface area (Å²) in [4.78, 5) is 35.5. The summed E-state index contributed by atoms with van der Waals surface area (Å²) in [6, 6.07) is 7.21. The number of benzene rings is 2. The van der Waals surface area contributed by atoms with Gasteiger partial charge in [0.1, 0.15) is 17.3 Å². The molecule has 2 atom stereocenters. The molecule has 3 N–H and O–H groups in total. The van der Waals surface area contributed by atoms with Gasteiger partial charge in [-0.2, -0.15) is 13.2 Å². The fourth-order valence-electron chi connectivity index (χ4n) is 4.73. The van der Waals surface area contributed by atoms with Gasteiger partial charge in [-0.15, -0.1) is 0 Å². The van der Waals surface area contributed by atoms with E-state index in [4.69, 9.17) is 0 Å². The Bertz CT molecular complexity index is 1410. The molecular formula is C31H36F5N5O3. The molecule has 44 heavy (non-hydrogen) atoms. The number of nitrogens with zero attached hydrogens (tertiary/aromatic N) is 3. The van der Waals surface area contributed by atoms with Gasteiger partial charge in [0, 0.05) is 43.0 Å². The van der Waals surface area contributed by atoms with Crippen molar-refractivity contribution in [3.8, 4) is 0 Å². The highest BCUT2D eigenvalue weighted by Gasteiger charge is 2.33. The molecule has 0 unspecified atom stereocenters. The van der Waals surface area contributed by atoms with Crippen molar-refractivity contribution in [2.45, 2.75) is 64.8 Å². The molecule has 0 bridgehead atoms. The van der Waals surface area contributed by atoms with Gasteiger partial charge in [-0.1, -0.05) is 13.8 Å². The third-order valence-electron chi connectivity index (χ3n) is 6.69. The molecule has 1 aromatic heterocycles. The van der Waals surface area contributed by atoms with Crippen LogP contribution in [-0.4, -0.2) is 63.6 Å². The molecule has 3 aromatic rings. The number of aliphatic hydroxyl groups excluding tert-OH is 1. The van der Waals surface area contributed by atoms with Gasteiger partial charge in [-0.25, -0.2) is 18.7 Å².